The first-order valence-electron chi connectivity index (χ1n) is 7.28. The predicted molar refractivity (Wildman–Crippen MR) is 82.9 cm³/mol. The molecule has 0 aliphatic carbocycles. The van der Waals surface area contributed by atoms with Crippen LogP contribution in [0.15, 0.2) is 42.5 Å². The van der Waals surface area contributed by atoms with Gasteiger partial charge >= 0.3 is 12.6 Å². The Labute approximate surface area is 145 Å². The topological polar surface area (TPSA) is 64.6 Å². The number of halogens is 4. The highest BCUT2D eigenvalue weighted by atomic mass is 19.3. The van der Waals surface area contributed by atoms with Gasteiger partial charge in [-0.25, -0.2) is 13.6 Å². The molecule has 0 heterocycles. The number of ether oxygens (including phenoxy) is 2. The number of hydrogen-bond acceptors (Lipinski definition) is 4. The van der Waals surface area contributed by atoms with E-state index in [1.807, 2.05) is 0 Å². The molecule has 9 heteroatoms. The molecule has 2 aromatic rings. The first-order valence-corrected chi connectivity index (χ1v) is 7.28. The minimum absolute atomic E-state index is 0.305. The lowest BCUT2D eigenvalue weighted by molar-refractivity contribution is -0.123. The van der Waals surface area contributed by atoms with Crippen molar-refractivity contribution in [3.63, 3.8) is 0 Å². The lowest BCUT2D eigenvalue weighted by Crippen LogP contribution is -2.30. The maximum absolute atomic E-state index is 13.5. The van der Waals surface area contributed by atoms with E-state index in [0.717, 1.165) is 18.2 Å². The number of hydrogen-bond donors (Lipinski definition) is 1. The second-order valence-electron chi connectivity index (χ2n) is 5.04. The largest absolute Gasteiger partial charge is 0.449 e. The van der Waals surface area contributed by atoms with Crippen molar-refractivity contribution >= 4 is 17.6 Å². The molecule has 0 bridgehead atoms. The van der Waals surface area contributed by atoms with Gasteiger partial charge in [0, 0.05) is 6.07 Å². The van der Waals surface area contributed by atoms with Crippen LogP contribution in [0.1, 0.15) is 17.3 Å². The zero-order chi connectivity index (χ0) is 19.3. The van der Waals surface area contributed by atoms with E-state index in [-0.39, 0.29) is 11.3 Å². The van der Waals surface area contributed by atoms with E-state index in [1.165, 1.54) is 25.1 Å². The summed E-state index contributed by atoms with van der Waals surface area (Å²) >= 11 is 0. The smallest absolute Gasteiger partial charge is 0.387 e. The average Bonchev–Trinajstić information content (AvgIpc) is 2.57. The number of carbonyl (C=O) groups excluding carboxylic acids is 2. The van der Waals surface area contributed by atoms with E-state index >= 15 is 0 Å². The Morgan fingerprint density at radius 1 is 1.08 bits per heavy atom. The average molecular weight is 371 g/mol. The Bertz CT molecular complexity index is 813. The normalized spacial score (nSPS) is 11.8. The third-order valence-electron chi connectivity index (χ3n) is 3.17. The lowest BCUT2D eigenvalue weighted by atomic mass is 10.2. The second-order valence-corrected chi connectivity index (χ2v) is 5.04. The van der Waals surface area contributed by atoms with Crippen LogP contribution in [0, 0.1) is 11.6 Å². The van der Waals surface area contributed by atoms with Crippen LogP contribution in [0.3, 0.4) is 0 Å². The molecule has 0 saturated heterocycles. The van der Waals surface area contributed by atoms with Crippen LogP contribution in [0.25, 0.3) is 0 Å². The number of para-hydroxylation sites is 1. The third-order valence-corrected chi connectivity index (χ3v) is 3.17. The van der Waals surface area contributed by atoms with Crippen LogP contribution in [0.5, 0.6) is 5.75 Å². The SMILES string of the molecule is C[C@@H](OC(=O)c1ccccc1OC(F)F)C(=O)Nc1ccc(F)cc1F. The molecule has 0 aromatic heterocycles. The lowest BCUT2D eigenvalue weighted by Gasteiger charge is -2.15. The molecule has 0 unspecified atom stereocenters. The summed E-state index contributed by atoms with van der Waals surface area (Å²) in [7, 11) is 0. The van der Waals surface area contributed by atoms with Gasteiger partial charge in [0.15, 0.2) is 6.10 Å². The number of nitrogens with one attached hydrogen (secondary N) is 1. The fourth-order valence-electron chi connectivity index (χ4n) is 1.94. The van der Waals surface area contributed by atoms with Gasteiger partial charge in [0.25, 0.3) is 5.91 Å². The van der Waals surface area contributed by atoms with Gasteiger partial charge in [0.05, 0.1) is 5.69 Å². The highest BCUT2D eigenvalue weighted by Gasteiger charge is 2.23. The van der Waals surface area contributed by atoms with Crippen molar-refractivity contribution in [2.24, 2.45) is 0 Å². The van der Waals surface area contributed by atoms with Crippen LogP contribution < -0.4 is 10.1 Å². The van der Waals surface area contributed by atoms with E-state index in [4.69, 9.17) is 4.74 Å². The van der Waals surface area contributed by atoms with Gasteiger partial charge in [-0.15, -0.1) is 0 Å². The van der Waals surface area contributed by atoms with Crippen LogP contribution >= 0.6 is 0 Å². The third kappa shape index (κ3) is 4.95. The zero-order valence-electron chi connectivity index (χ0n) is 13.3. The molecule has 0 spiro atoms. The maximum atomic E-state index is 13.5. The molecule has 1 N–H and O–H groups in total. The van der Waals surface area contributed by atoms with E-state index < -0.39 is 42.0 Å². The Morgan fingerprint density at radius 3 is 2.42 bits per heavy atom. The van der Waals surface area contributed by atoms with Gasteiger partial charge in [-0.05, 0) is 31.2 Å². The first kappa shape index (κ1) is 19.2. The van der Waals surface area contributed by atoms with Crippen molar-refractivity contribution in [3.05, 3.63) is 59.7 Å². The Balaban J connectivity index is 2.06. The summed E-state index contributed by atoms with van der Waals surface area (Å²) in [6, 6.07) is 7.61. The molecule has 2 rings (SSSR count). The van der Waals surface area contributed by atoms with Crippen molar-refractivity contribution < 1.29 is 36.6 Å². The van der Waals surface area contributed by atoms with Crippen molar-refractivity contribution in [1.82, 2.24) is 0 Å². The minimum atomic E-state index is -3.15. The molecule has 26 heavy (non-hydrogen) atoms. The highest BCUT2D eigenvalue weighted by molar-refractivity contribution is 5.98. The molecule has 0 aliphatic rings. The first-order chi connectivity index (χ1) is 12.3. The van der Waals surface area contributed by atoms with Gasteiger partial charge in [0.1, 0.15) is 22.9 Å². The molecule has 2 aromatic carbocycles. The van der Waals surface area contributed by atoms with Gasteiger partial charge in [0.2, 0.25) is 0 Å². The van der Waals surface area contributed by atoms with Crippen molar-refractivity contribution in [3.8, 4) is 5.75 Å². The van der Waals surface area contributed by atoms with Gasteiger partial charge < -0.3 is 14.8 Å². The van der Waals surface area contributed by atoms with E-state index in [1.54, 1.807) is 0 Å². The summed E-state index contributed by atoms with van der Waals surface area (Å²) in [5, 5.41) is 2.13. The van der Waals surface area contributed by atoms with Crippen LogP contribution in [0.4, 0.5) is 23.2 Å². The number of carbonyl (C=O) groups is 2. The van der Waals surface area contributed by atoms with Gasteiger partial charge in [-0.3, -0.25) is 4.79 Å². The molecule has 0 aliphatic heterocycles. The van der Waals surface area contributed by atoms with E-state index in [0.29, 0.717) is 6.07 Å². The van der Waals surface area contributed by atoms with Crippen molar-refractivity contribution in [2.75, 3.05) is 5.32 Å². The number of amides is 1. The number of alkyl halides is 2. The van der Waals surface area contributed by atoms with Crippen molar-refractivity contribution in [2.45, 2.75) is 19.6 Å². The summed E-state index contributed by atoms with van der Waals surface area (Å²) < 4.78 is 60.2. The second kappa shape index (κ2) is 8.32. The maximum Gasteiger partial charge on any atom is 0.387 e. The Morgan fingerprint density at radius 2 is 1.77 bits per heavy atom. The molecule has 1 atom stereocenters. The molecule has 5 nitrogen and oxygen atoms in total. The molecule has 138 valence electrons. The van der Waals surface area contributed by atoms with Crippen LogP contribution in [-0.4, -0.2) is 24.6 Å². The zero-order valence-corrected chi connectivity index (χ0v) is 13.3. The summed E-state index contributed by atoms with van der Waals surface area (Å²) in [5.74, 6) is -4.22. The number of benzene rings is 2. The quantitative estimate of drug-likeness (QED) is 0.621. The summed E-state index contributed by atoms with van der Waals surface area (Å²) in [6.07, 6.45) is -1.38. The van der Waals surface area contributed by atoms with Crippen LogP contribution in [0.2, 0.25) is 0 Å². The van der Waals surface area contributed by atoms with Crippen molar-refractivity contribution in [1.29, 1.82) is 0 Å². The molecule has 1 amide bonds. The predicted octanol–water partition coefficient (Wildman–Crippen LogP) is 3.75. The summed E-state index contributed by atoms with van der Waals surface area (Å²) in [4.78, 5) is 24.1. The highest BCUT2D eigenvalue weighted by Crippen LogP contribution is 2.22. The molecule has 0 saturated carbocycles. The fraction of sp³-hybridized carbons (Fsp3) is 0.176. The molecular formula is C17H13F4NO4. The van der Waals surface area contributed by atoms with Gasteiger partial charge in [-0.2, -0.15) is 8.78 Å². The Hall–Kier alpha value is -3.10. The van der Waals surface area contributed by atoms with Gasteiger partial charge in [-0.1, -0.05) is 12.1 Å². The molecule has 0 fully saturated rings. The van der Waals surface area contributed by atoms with E-state index in [9.17, 15) is 27.2 Å². The Kier molecular flexibility index (Phi) is 6.16. The number of anilines is 1. The monoisotopic (exact) mass is 371 g/mol. The number of rotatable bonds is 6. The minimum Gasteiger partial charge on any atom is -0.449 e. The van der Waals surface area contributed by atoms with E-state index in [2.05, 4.69) is 10.1 Å². The summed E-state index contributed by atoms with van der Waals surface area (Å²) in [6.45, 7) is -1.95. The van der Waals surface area contributed by atoms with Crippen LogP contribution in [-0.2, 0) is 9.53 Å². The number of esters is 1. The molecule has 0 radical (unpaired) electrons. The fourth-order valence-corrected chi connectivity index (χ4v) is 1.94. The molecular weight excluding hydrogens is 358 g/mol. The summed E-state index contributed by atoms with van der Waals surface area (Å²) in [5.41, 5.74) is -0.610. The standard InChI is InChI=1S/C17H13F4NO4/c1-9(15(23)22-13-7-6-10(18)8-12(13)19)25-16(24)11-4-2-3-5-14(11)26-17(20)21/h2-9,17H,1H3,(H,22,23)/t9-/m1/s1.